The van der Waals surface area contributed by atoms with Crippen LogP contribution >= 0.6 is 0 Å². The first kappa shape index (κ1) is 14.9. The van der Waals surface area contributed by atoms with Gasteiger partial charge in [0.1, 0.15) is 0 Å². The Bertz CT molecular complexity index is 475. The minimum absolute atomic E-state index is 0.00528. The van der Waals surface area contributed by atoms with Gasteiger partial charge < -0.3 is 15.2 Å². The van der Waals surface area contributed by atoms with E-state index in [0.717, 1.165) is 0 Å². The Labute approximate surface area is 110 Å². The molecule has 0 aliphatic carbocycles. The summed E-state index contributed by atoms with van der Waals surface area (Å²) in [6.07, 6.45) is -0.120. The fourth-order valence-electron chi connectivity index (χ4n) is 1.58. The van der Waals surface area contributed by atoms with Gasteiger partial charge in [-0.3, -0.25) is 10.1 Å². The largest absolute Gasteiger partial charge is 0.478 e. The highest BCUT2D eigenvalue weighted by Crippen LogP contribution is 2.22. The molecule has 0 spiro atoms. The quantitative estimate of drug-likeness (QED) is 0.580. The second kappa shape index (κ2) is 6.69. The van der Waals surface area contributed by atoms with Gasteiger partial charge in [-0.1, -0.05) is 0 Å². The van der Waals surface area contributed by atoms with Crippen molar-refractivity contribution in [3.63, 3.8) is 0 Å². The highest BCUT2D eigenvalue weighted by molar-refractivity contribution is 5.94. The fourth-order valence-corrected chi connectivity index (χ4v) is 1.58. The molecule has 104 valence electrons. The van der Waals surface area contributed by atoms with E-state index in [9.17, 15) is 14.9 Å². The van der Waals surface area contributed by atoms with Gasteiger partial charge in [0, 0.05) is 25.3 Å². The first-order chi connectivity index (χ1) is 8.95. The van der Waals surface area contributed by atoms with Crippen LogP contribution < -0.4 is 5.32 Å². The number of nitro benzene ring substituents is 1. The van der Waals surface area contributed by atoms with Crippen LogP contribution in [0.15, 0.2) is 18.2 Å². The van der Waals surface area contributed by atoms with Gasteiger partial charge in [0.15, 0.2) is 0 Å². The van der Waals surface area contributed by atoms with Crippen molar-refractivity contribution in [2.24, 2.45) is 0 Å². The van der Waals surface area contributed by atoms with Crippen LogP contribution in [0.25, 0.3) is 0 Å². The Hall–Kier alpha value is -2.15. The minimum atomic E-state index is -1.14. The van der Waals surface area contributed by atoms with Gasteiger partial charge in [0.2, 0.25) is 0 Å². The number of carboxylic acids is 1. The van der Waals surface area contributed by atoms with E-state index in [1.54, 1.807) is 0 Å². The second-order valence-corrected chi connectivity index (χ2v) is 3.94. The van der Waals surface area contributed by atoms with E-state index < -0.39 is 10.9 Å². The van der Waals surface area contributed by atoms with Crippen LogP contribution in [0, 0.1) is 10.1 Å². The maximum Gasteiger partial charge on any atom is 0.337 e. The molecule has 0 saturated heterocycles. The van der Waals surface area contributed by atoms with Gasteiger partial charge in [-0.15, -0.1) is 0 Å². The summed E-state index contributed by atoms with van der Waals surface area (Å²) in [6, 6.07) is 3.59. The molecular formula is C12H16N2O5. The molecule has 7 nitrogen and oxygen atoms in total. The molecule has 1 atom stereocenters. The molecule has 0 aliphatic heterocycles. The number of nitrogens with zero attached hydrogens (tertiary/aromatic N) is 1. The summed E-state index contributed by atoms with van der Waals surface area (Å²) < 4.78 is 5.30. The molecule has 0 aromatic heterocycles. The zero-order valence-electron chi connectivity index (χ0n) is 10.8. The molecule has 0 bridgehead atoms. The van der Waals surface area contributed by atoms with Crippen molar-refractivity contribution in [1.29, 1.82) is 0 Å². The summed E-state index contributed by atoms with van der Waals surface area (Å²) in [6.45, 7) is 4.60. The lowest BCUT2D eigenvalue weighted by Crippen LogP contribution is -2.21. The van der Waals surface area contributed by atoms with Crippen LogP contribution in [0.5, 0.6) is 0 Å². The maximum absolute atomic E-state index is 11.0. The van der Waals surface area contributed by atoms with Crippen molar-refractivity contribution in [2.75, 3.05) is 18.5 Å². The number of carboxylic acid groups (broad SMARTS) is 1. The Balaban J connectivity index is 2.91. The zero-order chi connectivity index (χ0) is 14.4. The summed E-state index contributed by atoms with van der Waals surface area (Å²) in [5.41, 5.74) is 0.0547. The molecule has 19 heavy (non-hydrogen) atoms. The normalized spacial score (nSPS) is 11.9. The molecule has 7 heteroatoms. The SMILES string of the molecule is CCOC(C)CNc1cc([N+](=O)[O-])ccc1C(=O)O. The van der Waals surface area contributed by atoms with Gasteiger partial charge >= 0.3 is 5.97 Å². The number of aromatic carboxylic acids is 1. The van der Waals surface area contributed by atoms with E-state index in [-0.39, 0.29) is 23.0 Å². The van der Waals surface area contributed by atoms with Crippen molar-refractivity contribution in [3.8, 4) is 0 Å². The van der Waals surface area contributed by atoms with Crippen molar-refractivity contribution >= 4 is 17.3 Å². The van der Waals surface area contributed by atoms with Gasteiger partial charge in [-0.2, -0.15) is 0 Å². The summed E-state index contributed by atoms with van der Waals surface area (Å²) in [7, 11) is 0. The number of anilines is 1. The van der Waals surface area contributed by atoms with Crippen molar-refractivity contribution in [1.82, 2.24) is 0 Å². The maximum atomic E-state index is 11.0. The third-order valence-corrected chi connectivity index (χ3v) is 2.48. The lowest BCUT2D eigenvalue weighted by Gasteiger charge is -2.14. The standard InChI is InChI=1S/C12H16N2O5/c1-3-19-8(2)7-13-11-6-9(14(17)18)4-5-10(11)12(15)16/h4-6,8,13H,3,7H2,1-2H3,(H,15,16). The molecule has 0 radical (unpaired) electrons. The highest BCUT2D eigenvalue weighted by atomic mass is 16.6. The van der Waals surface area contributed by atoms with Gasteiger partial charge in [-0.05, 0) is 19.9 Å². The summed E-state index contributed by atoms with van der Waals surface area (Å²) in [5, 5.41) is 22.6. The number of hydrogen-bond donors (Lipinski definition) is 2. The highest BCUT2D eigenvalue weighted by Gasteiger charge is 2.15. The predicted molar refractivity (Wildman–Crippen MR) is 69.6 cm³/mol. The van der Waals surface area contributed by atoms with Crippen molar-refractivity contribution in [3.05, 3.63) is 33.9 Å². The molecule has 0 fully saturated rings. The number of benzene rings is 1. The van der Waals surface area contributed by atoms with Gasteiger partial charge in [0.25, 0.3) is 5.69 Å². The first-order valence-electron chi connectivity index (χ1n) is 5.83. The Kier molecular flexibility index (Phi) is 5.25. The van der Waals surface area contributed by atoms with Crippen LogP contribution in [0.4, 0.5) is 11.4 Å². The molecule has 1 unspecified atom stereocenters. The zero-order valence-corrected chi connectivity index (χ0v) is 10.8. The number of carbonyl (C=O) groups is 1. The molecule has 2 N–H and O–H groups in total. The van der Waals surface area contributed by atoms with Gasteiger partial charge in [-0.25, -0.2) is 4.79 Å². The Morgan fingerprint density at radius 1 is 1.58 bits per heavy atom. The number of nitrogens with one attached hydrogen (secondary N) is 1. The molecule has 1 rings (SSSR count). The molecular weight excluding hydrogens is 252 g/mol. The topological polar surface area (TPSA) is 102 Å². The van der Waals surface area contributed by atoms with Crippen LogP contribution in [0.1, 0.15) is 24.2 Å². The van der Waals surface area contributed by atoms with E-state index >= 15 is 0 Å². The van der Waals surface area contributed by atoms with Crippen LogP contribution in [-0.2, 0) is 4.74 Å². The number of nitro groups is 1. The molecule has 0 heterocycles. The smallest absolute Gasteiger partial charge is 0.337 e. The number of hydrogen-bond acceptors (Lipinski definition) is 5. The predicted octanol–water partition coefficient (Wildman–Crippen LogP) is 2.13. The van der Waals surface area contributed by atoms with Crippen molar-refractivity contribution in [2.45, 2.75) is 20.0 Å². The lowest BCUT2D eigenvalue weighted by atomic mass is 10.1. The molecule has 0 amide bonds. The molecule has 0 saturated carbocycles. The van der Waals surface area contributed by atoms with Gasteiger partial charge in [0.05, 0.1) is 22.3 Å². The number of ether oxygens (including phenoxy) is 1. The van der Waals surface area contributed by atoms with E-state index in [4.69, 9.17) is 9.84 Å². The summed E-state index contributed by atoms with van der Waals surface area (Å²) in [4.78, 5) is 21.1. The molecule has 0 aliphatic rings. The lowest BCUT2D eigenvalue weighted by molar-refractivity contribution is -0.384. The molecule has 1 aromatic rings. The van der Waals surface area contributed by atoms with Crippen molar-refractivity contribution < 1.29 is 19.6 Å². The monoisotopic (exact) mass is 268 g/mol. The third-order valence-electron chi connectivity index (χ3n) is 2.48. The average Bonchev–Trinajstić information content (AvgIpc) is 2.36. The third kappa shape index (κ3) is 4.22. The minimum Gasteiger partial charge on any atom is -0.478 e. The van der Waals surface area contributed by atoms with Crippen LogP contribution in [-0.4, -0.2) is 35.3 Å². The first-order valence-corrected chi connectivity index (χ1v) is 5.83. The Morgan fingerprint density at radius 3 is 2.79 bits per heavy atom. The van der Waals surface area contributed by atoms with Crippen LogP contribution in [0.3, 0.4) is 0 Å². The summed E-state index contributed by atoms with van der Waals surface area (Å²) in [5.74, 6) is -1.14. The number of non-ortho nitro benzene ring substituents is 1. The van der Waals surface area contributed by atoms with E-state index in [2.05, 4.69) is 5.32 Å². The fraction of sp³-hybridized carbons (Fsp3) is 0.417. The molecule has 1 aromatic carbocycles. The summed E-state index contributed by atoms with van der Waals surface area (Å²) >= 11 is 0. The van der Waals surface area contributed by atoms with E-state index in [1.165, 1.54) is 18.2 Å². The number of rotatable bonds is 7. The van der Waals surface area contributed by atoms with Crippen LogP contribution in [0.2, 0.25) is 0 Å². The van der Waals surface area contributed by atoms with E-state index in [1.807, 2.05) is 13.8 Å². The second-order valence-electron chi connectivity index (χ2n) is 3.94. The average molecular weight is 268 g/mol. The van der Waals surface area contributed by atoms with E-state index in [0.29, 0.717) is 13.2 Å². The Morgan fingerprint density at radius 2 is 2.26 bits per heavy atom.